The van der Waals surface area contributed by atoms with Gasteiger partial charge in [0, 0.05) is 31.6 Å². The first-order chi connectivity index (χ1) is 13.0. The second-order valence-electron chi connectivity index (χ2n) is 6.92. The maximum absolute atomic E-state index is 12.8. The van der Waals surface area contributed by atoms with E-state index in [-0.39, 0.29) is 6.03 Å². The van der Waals surface area contributed by atoms with Gasteiger partial charge in [-0.1, -0.05) is 29.3 Å². The Kier molecular flexibility index (Phi) is 5.10. The molecule has 2 aliphatic rings. The van der Waals surface area contributed by atoms with E-state index in [2.05, 4.69) is 20.2 Å². The zero-order chi connectivity index (χ0) is 19.0. The Balaban J connectivity index is 1.57. The van der Waals surface area contributed by atoms with Crippen molar-refractivity contribution in [2.45, 2.75) is 32.7 Å². The number of rotatable bonds is 2. The number of carbonyl (C=O) groups is 1. The molecular weight excluding hydrogens is 385 g/mol. The summed E-state index contributed by atoms with van der Waals surface area (Å²) in [4.78, 5) is 26.2. The molecule has 2 aromatic rings. The van der Waals surface area contributed by atoms with Crippen LogP contribution in [0.5, 0.6) is 0 Å². The number of fused-ring (bicyclic) bond motifs is 1. The minimum absolute atomic E-state index is 0.197. The van der Waals surface area contributed by atoms with Crippen molar-refractivity contribution in [3.63, 3.8) is 0 Å². The molecule has 1 N–H and O–H groups in total. The Morgan fingerprint density at radius 3 is 2.70 bits per heavy atom. The predicted octanol–water partition coefficient (Wildman–Crippen LogP) is 4.28. The lowest BCUT2D eigenvalue weighted by Gasteiger charge is -2.31. The maximum atomic E-state index is 12.8. The molecule has 4 rings (SSSR count). The molecule has 2 aliphatic heterocycles. The van der Waals surface area contributed by atoms with Crippen molar-refractivity contribution in [3.8, 4) is 0 Å². The van der Waals surface area contributed by atoms with Crippen LogP contribution in [0.1, 0.15) is 29.9 Å². The molecule has 0 spiro atoms. The van der Waals surface area contributed by atoms with Gasteiger partial charge in [0.1, 0.15) is 11.6 Å². The number of halogens is 2. The highest BCUT2D eigenvalue weighted by molar-refractivity contribution is 6.43. The largest absolute Gasteiger partial charge is 0.356 e. The zero-order valence-electron chi connectivity index (χ0n) is 15.1. The lowest BCUT2D eigenvalue weighted by atomic mass is 10.1. The zero-order valence-corrected chi connectivity index (χ0v) is 16.6. The molecule has 0 unspecified atom stereocenters. The number of nitrogens with zero attached hydrogens (tertiary/aromatic N) is 4. The highest BCUT2D eigenvalue weighted by atomic mass is 35.5. The number of aromatic nitrogens is 2. The van der Waals surface area contributed by atoms with Gasteiger partial charge in [-0.3, -0.25) is 0 Å². The van der Waals surface area contributed by atoms with Crippen LogP contribution in [-0.4, -0.2) is 40.5 Å². The van der Waals surface area contributed by atoms with Crippen LogP contribution in [0.25, 0.3) is 0 Å². The molecule has 0 aliphatic carbocycles. The van der Waals surface area contributed by atoms with Gasteiger partial charge in [-0.05, 0) is 31.9 Å². The van der Waals surface area contributed by atoms with Crippen LogP contribution in [0.3, 0.4) is 0 Å². The van der Waals surface area contributed by atoms with E-state index >= 15 is 0 Å². The summed E-state index contributed by atoms with van der Waals surface area (Å²) in [6.45, 7) is 5.04. The van der Waals surface area contributed by atoms with Gasteiger partial charge < -0.3 is 15.1 Å². The van der Waals surface area contributed by atoms with Crippen LogP contribution in [0.15, 0.2) is 18.2 Å². The second-order valence-corrected chi connectivity index (χ2v) is 7.70. The number of urea groups is 1. The molecule has 0 bridgehead atoms. The number of carbonyl (C=O) groups excluding carboxylic acids is 1. The standard InChI is InChI=1S/C19H21Cl2N5O/c1-12-22-15-7-10-26(11-13(15)18(23-12)25-8-2-3-9-25)19(27)24-16-6-4-5-14(20)17(16)21/h4-6H,2-3,7-11H2,1H3,(H,24,27). The molecule has 2 amide bonds. The lowest BCUT2D eigenvalue weighted by molar-refractivity contribution is 0.206. The summed E-state index contributed by atoms with van der Waals surface area (Å²) < 4.78 is 0. The molecule has 27 heavy (non-hydrogen) atoms. The molecule has 0 atom stereocenters. The normalized spacial score (nSPS) is 16.4. The third kappa shape index (κ3) is 3.69. The molecule has 0 radical (unpaired) electrons. The summed E-state index contributed by atoms with van der Waals surface area (Å²) in [5.74, 6) is 1.77. The average Bonchev–Trinajstić information content (AvgIpc) is 3.19. The summed E-state index contributed by atoms with van der Waals surface area (Å²) in [7, 11) is 0. The van der Waals surface area contributed by atoms with E-state index in [4.69, 9.17) is 23.2 Å². The van der Waals surface area contributed by atoms with Crippen LogP contribution in [-0.2, 0) is 13.0 Å². The highest BCUT2D eigenvalue weighted by Gasteiger charge is 2.28. The Morgan fingerprint density at radius 2 is 1.93 bits per heavy atom. The quantitative estimate of drug-likeness (QED) is 0.809. The van der Waals surface area contributed by atoms with E-state index in [0.717, 1.165) is 42.4 Å². The summed E-state index contributed by atoms with van der Waals surface area (Å²) in [6.07, 6.45) is 3.07. The number of hydrogen-bond donors (Lipinski definition) is 1. The van der Waals surface area contributed by atoms with E-state index in [1.54, 1.807) is 23.1 Å². The molecule has 1 fully saturated rings. The minimum atomic E-state index is -0.197. The van der Waals surface area contributed by atoms with Gasteiger partial charge in [-0.2, -0.15) is 0 Å². The van der Waals surface area contributed by atoms with Crippen molar-refractivity contribution >= 4 is 40.7 Å². The van der Waals surface area contributed by atoms with Gasteiger partial charge in [-0.25, -0.2) is 14.8 Å². The van der Waals surface area contributed by atoms with Gasteiger partial charge in [0.05, 0.1) is 28.0 Å². The second kappa shape index (κ2) is 7.52. The summed E-state index contributed by atoms with van der Waals surface area (Å²) in [6, 6.07) is 5.00. The highest BCUT2D eigenvalue weighted by Crippen LogP contribution is 2.31. The number of benzene rings is 1. The fourth-order valence-corrected chi connectivity index (χ4v) is 4.02. The van der Waals surface area contributed by atoms with Crippen LogP contribution in [0, 0.1) is 6.92 Å². The van der Waals surface area contributed by atoms with Crippen molar-refractivity contribution in [1.82, 2.24) is 14.9 Å². The first-order valence-electron chi connectivity index (χ1n) is 9.14. The fraction of sp³-hybridized carbons (Fsp3) is 0.421. The van der Waals surface area contributed by atoms with Gasteiger partial charge in [0.25, 0.3) is 0 Å². The molecule has 6 nitrogen and oxygen atoms in total. The molecule has 142 valence electrons. The molecule has 1 aromatic carbocycles. The minimum Gasteiger partial charge on any atom is -0.356 e. The first kappa shape index (κ1) is 18.3. The van der Waals surface area contributed by atoms with E-state index in [1.165, 1.54) is 12.8 Å². The number of amides is 2. The molecule has 1 aromatic heterocycles. The fourth-order valence-electron chi connectivity index (χ4n) is 3.68. The van der Waals surface area contributed by atoms with E-state index in [1.807, 2.05) is 6.92 Å². The van der Waals surface area contributed by atoms with Crippen LogP contribution in [0.2, 0.25) is 10.0 Å². The molecule has 3 heterocycles. The van der Waals surface area contributed by atoms with Crippen molar-refractivity contribution in [2.24, 2.45) is 0 Å². The average molecular weight is 406 g/mol. The van der Waals surface area contributed by atoms with Crippen LogP contribution in [0.4, 0.5) is 16.3 Å². The SMILES string of the molecule is Cc1nc2c(c(N3CCCC3)n1)CN(C(=O)Nc1cccc(Cl)c1Cl)CC2. The molecule has 1 saturated heterocycles. The van der Waals surface area contributed by atoms with Gasteiger partial charge in [-0.15, -0.1) is 0 Å². The number of hydrogen-bond acceptors (Lipinski definition) is 4. The predicted molar refractivity (Wildman–Crippen MR) is 108 cm³/mol. The van der Waals surface area contributed by atoms with E-state index in [0.29, 0.717) is 28.8 Å². The topological polar surface area (TPSA) is 61.4 Å². The molecule has 0 saturated carbocycles. The number of aryl methyl sites for hydroxylation is 1. The smallest absolute Gasteiger partial charge is 0.322 e. The maximum Gasteiger partial charge on any atom is 0.322 e. The summed E-state index contributed by atoms with van der Waals surface area (Å²) >= 11 is 12.2. The van der Waals surface area contributed by atoms with Crippen LogP contribution < -0.4 is 10.2 Å². The van der Waals surface area contributed by atoms with Crippen LogP contribution >= 0.6 is 23.2 Å². The third-order valence-electron chi connectivity index (χ3n) is 5.04. The van der Waals surface area contributed by atoms with Crippen molar-refractivity contribution in [3.05, 3.63) is 45.3 Å². The van der Waals surface area contributed by atoms with Crippen molar-refractivity contribution in [2.75, 3.05) is 29.9 Å². The number of anilines is 2. The number of nitrogens with one attached hydrogen (secondary N) is 1. The van der Waals surface area contributed by atoms with Gasteiger partial charge >= 0.3 is 6.03 Å². The Labute approximate surface area is 168 Å². The third-order valence-corrected chi connectivity index (χ3v) is 5.86. The molecular formula is C19H21Cl2N5O. The van der Waals surface area contributed by atoms with Gasteiger partial charge in [0.15, 0.2) is 0 Å². The Morgan fingerprint density at radius 1 is 1.15 bits per heavy atom. The lowest BCUT2D eigenvalue weighted by Crippen LogP contribution is -2.40. The Hall–Kier alpha value is -2.05. The van der Waals surface area contributed by atoms with Crippen molar-refractivity contribution < 1.29 is 4.79 Å². The van der Waals surface area contributed by atoms with Crippen molar-refractivity contribution in [1.29, 1.82) is 0 Å². The molecule has 8 heteroatoms. The first-order valence-corrected chi connectivity index (χ1v) is 9.90. The van der Waals surface area contributed by atoms with Gasteiger partial charge in [0.2, 0.25) is 0 Å². The monoisotopic (exact) mass is 405 g/mol. The Bertz CT molecular complexity index is 883. The summed E-state index contributed by atoms with van der Waals surface area (Å²) in [5, 5.41) is 3.63. The van der Waals surface area contributed by atoms with E-state index < -0.39 is 0 Å². The van der Waals surface area contributed by atoms with E-state index in [9.17, 15) is 4.79 Å². The summed E-state index contributed by atoms with van der Waals surface area (Å²) in [5.41, 5.74) is 2.62.